The third-order valence-electron chi connectivity index (χ3n) is 4.28. The van der Waals surface area contributed by atoms with E-state index in [9.17, 15) is 15.4 Å². The lowest BCUT2D eigenvalue weighted by molar-refractivity contribution is -0.384. The van der Waals surface area contributed by atoms with Gasteiger partial charge in [0.05, 0.1) is 23.3 Å². The zero-order valence-electron chi connectivity index (χ0n) is 15.8. The fourth-order valence-electron chi connectivity index (χ4n) is 2.77. The Morgan fingerprint density at radius 3 is 2.52 bits per heavy atom. The summed E-state index contributed by atoms with van der Waals surface area (Å²) in [4.78, 5) is 10.3. The summed E-state index contributed by atoms with van der Waals surface area (Å²) in [7, 11) is 1.58. The Kier molecular flexibility index (Phi) is 6.28. The number of methoxy groups -OCH3 is 1. The predicted octanol–water partition coefficient (Wildman–Crippen LogP) is 4.67. The van der Waals surface area contributed by atoms with E-state index >= 15 is 0 Å². The first-order chi connectivity index (χ1) is 14.1. The maximum Gasteiger partial charge on any atom is 0.270 e. The molecule has 0 atom stereocenters. The summed E-state index contributed by atoms with van der Waals surface area (Å²) in [6, 6.07) is 21.6. The smallest absolute Gasteiger partial charge is 0.270 e. The summed E-state index contributed by atoms with van der Waals surface area (Å²) >= 11 is 0. The van der Waals surface area contributed by atoms with Crippen molar-refractivity contribution in [3.05, 3.63) is 93.5 Å². The Hall–Kier alpha value is -4.05. The molecule has 146 valence electrons. The van der Waals surface area contributed by atoms with Gasteiger partial charge in [-0.15, -0.1) is 0 Å². The molecule has 1 N–H and O–H groups in total. The maximum absolute atomic E-state index is 10.9. The van der Waals surface area contributed by atoms with E-state index in [2.05, 4.69) is 5.32 Å². The predicted molar refractivity (Wildman–Crippen MR) is 109 cm³/mol. The van der Waals surface area contributed by atoms with Gasteiger partial charge in [-0.05, 0) is 29.3 Å². The molecule has 0 bridgehead atoms. The lowest BCUT2D eigenvalue weighted by atomic mass is 10.1. The van der Waals surface area contributed by atoms with Crippen LogP contribution in [0, 0.1) is 21.4 Å². The molecule has 3 aromatic rings. The third kappa shape index (κ3) is 5.02. The van der Waals surface area contributed by atoms with E-state index in [-0.39, 0.29) is 11.3 Å². The number of benzene rings is 3. The monoisotopic (exact) mass is 389 g/mol. The minimum absolute atomic E-state index is 0.117. The summed E-state index contributed by atoms with van der Waals surface area (Å²) in [5, 5.41) is 23.2. The lowest BCUT2D eigenvalue weighted by Crippen LogP contribution is -2.03. The van der Waals surface area contributed by atoms with E-state index in [0.717, 1.165) is 11.1 Å². The van der Waals surface area contributed by atoms with Crippen LogP contribution in [-0.4, -0.2) is 12.0 Å². The van der Waals surface area contributed by atoms with Crippen molar-refractivity contribution in [2.24, 2.45) is 0 Å². The normalized spacial score (nSPS) is 10.1. The molecule has 29 heavy (non-hydrogen) atoms. The van der Waals surface area contributed by atoms with E-state index in [1.54, 1.807) is 7.11 Å². The summed E-state index contributed by atoms with van der Waals surface area (Å²) in [6.07, 6.45) is 0. The van der Waals surface area contributed by atoms with Gasteiger partial charge >= 0.3 is 0 Å². The SMILES string of the molecule is COc1cc(CNc2ccc([N+](=O)[O-])cc2C#N)ccc1OCc1ccccc1. The number of ether oxygens (including phenoxy) is 2. The second-order valence-electron chi connectivity index (χ2n) is 6.21. The quantitative estimate of drug-likeness (QED) is 0.444. The summed E-state index contributed by atoms with van der Waals surface area (Å²) in [5.41, 5.74) is 2.60. The molecule has 7 heteroatoms. The van der Waals surface area contributed by atoms with Crippen molar-refractivity contribution in [2.45, 2.75) is 13.2 Å². The second-order valence-corrected chi connectivity index (χ2v) is 6.21. The van der Waals surface area contributed by atoms with E-state index in [4.69, 9.17) is 9.47 Å². The topological polar surface area (TPSA) is 97.4 Å². The fourth-order valence-corrected chi connectivity index (χ4v) is 2.77. The zero-order valence-corrected chi connectivity index (χ0v) is 15.8. The highest BCUT2D eigenvalue weighted by Gasteiger charge is 2.11. The second kappa shape index (κ2) is 9.24. The van der Waals surface area contributed by atoms with Crippen molar-refractivity contribution < 1.29 is 14.4 Å². The molecule has 0 radical (unpaired) electrons. The van der Waals surface area contributed by atoms with Gasteiger partial charge in [0.1, 0.15) is 12.7 Å². The molecule has 0 aliphatic rings. The molecule has 0 heterocycles. The van der Waals surface area contributed by atoms with Gasteiger partial charge in [-0.25, -0.2) is 0 Å². The molecule has 0 aromatic heterocycles. The van der Waals surface area contributed by atoms with Crippen LogP contribution in [0.5, 0.6) is 11.5 Å². The van der Waals surface area contributed by atoms with Gasteiger partial charge in [0.2, 0.25) is 0 Å². The van der Waals surface area contributed by atoms with Crippen LogP contribution in [0.1, 0.15) is 16.7 Å². The third-order valence-corrected chi connectivity index (χ3v) is 4.28. The molecule has 0 spiro atoms. The average molecular weight is 389 g/mol. The average Bonchev–Trinajstić information content (AvgIpc) is 2.76. The number of rotatable bonds is 8. The zero-order chi connectivity index (χ0) is 20.6. The molecular weight excluding hydrogens is 370 g/mol. The van der Waals surface area contributed by atoms with E-state index in [1.165, 1.54) is 18.2 Å². The lowest BCUT2D eigenvalue weighted by Gasteiger charge is -2.13. The molecule has 0 aliphatic heterocycles. The highest BCUT2D eigenvalue weighted by molar-refractivity contribution is 5.61. The highest BCUT2D eigenvalue weighted by Crippen LogP contribution is 2.29. The van der Waals surface area contributed by atoms with Gasteiger partial charge in [-0.2, -0.15) is 5.26 Å². The molecular formula is C22H19N3O4. The van der Waals surface area contributed by atoms with Crippen molar-refractivity contribution >= 4 is 11.4 Å². The van der Waals surface area contributed by atoms with E-state index in [1.807, 2.05) is 54.6 Å². The van der Waals surface area contributed by atoms with Crippen LogP contribution in [0.3, 0.4) is 0 Å². The number of nitrogens with one attached hydrogen (secondary N) is 1. The van der Waals surface area contributed by atoms with Crippen LogP contribution < -0.4 is 14.8 Å². The van der Waals surface area contributed by atoms with Crippen molar-refractivity contribution in [1.82, 2.24) is 0 Å². The Labute approximate surface area is 168 Å². The number of hydrogen-bond donors (Lipinski definition) is 1. The van der Waals surface area contributed by atoms with E-state index < -0.39 is 4.92 Å². The molecule has 3 aromatic carbocycles. The molecule has 0 saturated carbocycles. The van der Waals surface area contributed by atoms with Crippen molar-refractivity contribution in [3.8, 4) is 17.6 Å². The summed E-state index contributed by atoms with van der Waals surface area (Å²) in [5.74, 6) is 1.23. The molecule has 0 amide bonds. The Bertz CT molecular complexity index is 1050. The minimum atomic E-state index is -0.524. The van der Waals surface area contributed by atoms with Gasteiger partial charge in [-0.3, -0.25) is 10.1 Å². The molecule has 0 unspecified atom stereocenters. The Balaban J connectivity index is 1.69. The van der Waals surface area contributed by atoms with Gasteiger partial charge in [0.15, 0.2) is 11.5 Å². The van der Waals surface area contributed by atoms with E-state index in [0.29, 0.717) is 30.3 Å². The first-order valence-corrected chi connectivity index (χ1v) is 8.86. The molecule has 0 saturated heterocycles. The fraction of sp³-hybridized carbons (Fsp3) is 0.136. The maximum atomic E-state index is 10.9. The van der Waals surface area contributed by atoms with Crippen molar-refractivity contribution in [2.75, 3.05) is 12.4 Å². The molecule has 7 nitrogen and oxygen atoms in total. The van der Waals surface area contributed by atoms with Gasteiger partial charge in [0.25, 0.3) is 5.69 Å². The Morgan fingerprint density at radius 1 is 1.03 bits per heavy atom. The first kappa shape index (κ1) is 19.7. The van der Waals surface area contributed by atoms with Crippen LogP contribution in [-0.2, 0) is 13.2 Å². The number of hydrogen-bond acceptors (Lipinski definition) is 6. The van der Waals surface area contributed by atoms with Crippen LogP contribution in [0.15, 0.2) is 66.7 Å². The number of non-ortho nitro benzene ring substituents is 1. The number of nitro benzene ring substituents is 1. The van der Waals surface area contributed by atoms with Gasteiger partial charge < -0.3 is 14.8 Å². The summed E-state index contributed by atoms with van der Waals surface area (Å²) in [6.45, 7) is 0.852. The van der Waals surface area contributed by atoms with Gasteiger partial charge in [0, 0.05) is 18.7 Å². The van der Waals surface area contributed by atoms with Crippen LogP contribution in [0.2, 0.25) is 0 Å². The number of nitrogens with zero attached hydrogens (tertiary/aromatic N) is 2. The van der Waals surface area contributed by atoms with Crippen LogP contribution in [0.4, 0.5) is 11.4 Å². The van der Waals surface area contributed by atoms with Crippen molar-refractivity contribution in [3.63, 3.8) is 0 Å². The number of nitriles is 1. The van der Waals surface area contributed by atoms with Crippen LogP contribution in [0.25, 0.3) is 0 Å². The van der Waals surface area contributed by atoms with Crippen LogP contribution >= 0.6 is 0 Å². The molecule has 0 fully saturated rings. The van der Waals surface area contributed by atoms with Crippen molar-refractivity contribution in [1.29, 1.82) is 5.26 Å². The number of nitro groups is 1. The first-order valence-electron chi connectivity index (χ1n) is 8.86. The summed E-state index contributed by atoms with van der Waals surface area (Å²) < 4.78 is 11.3. The highest BCUT2D eigenvalue weighted by atomic mass is 16.6. The Morgan fingerprint density at radius 2 is 1.83 bits per heavy atom. The number of anilines is 1. The molecule has 3 rings (SSSR count). The standard InChI is InChI=1S/C22H19N3O4/c1-28-22-11-17(7-10-21(22)29-15-16-5-3-2-4-6-16)14-24-20-9-8-19(25(26)27)12-18(20)13-23/h2-12,24H,14-15H2,1H3. The van der Waals surface area contributed by atoms with Gasteiger partial charge in [-0.1, -0.05) is 36.4 Å². The minimum Gasteiger partial charge on any atom is -0.493 e. The largest absolute Gasteiger partial charge is 0.493 e. The molecule has 0 aliphatic carbocycles.